The van der Waals surface area contributed by atoms with Crippen LogP contribution in [0.3, 0.4) is 0 Å². The summed E-state index contributed by atoms with van der Waals surface area (Å²) in [4.78, 5) is 6.86. The van der Waals surface area contributed by atoms with Gasteiger partial charge in [0.25, 0.3) is 0 Å². The zero-order valence-corrected chi connectivity index (χ0v) is 18.9. The van der Waals surface area contributed by atoms with Crippen LogP contribution in [0.4, 0.5) is 5.82 Å². The molecular formula is C24H23BrN4O2. The normalized spacial score (nSPS) is 14.2. The largest absolute Gasteiger partial charge is 0.497 e. The second-order valence-electron chi connectivity index (χ2n) is 7.49. The molecule has 4 aromatic rings. The number of para-hydroxylation sites is 1. The van der Waals surface area contributed by atoms with Gasteiger partial charge in [0.05, 0.1) is 32.4 Å². The molecule has 0 amide bonds. The number of hydrogen-bond acceptors (Lipinski definition) is 5. The summed E-state index contributed by atoms with van der Waals surface area (Å²) in [7, 11) is 1.68. The van der Waals surface area contributed by atoms with Gasteiger partial charge < -0.3 is 14.4 Å². The molecule has 2 aromatic carbocycles. The predicted octanol–water partition coefficient (Wildman–Crippen LogP) is 4.75. The van der Waals surface area contributed by atoms with E-state index in [1.807, 2.05) is 24.4 Å². The molecule has 3 heterocycles. The van der Waals surface area contributed by atoms with Crippen LogP contribution in [0, 0.1) is 0 Å². The summed E-state index contributed by atoms with van der Waals surface area (Å²) in [5.74, 6) is 1.82. The lowest BCUT2D eigenvalue weighted by atomic mass is 10.1. The van der Waals surface area contributed by atoms with Crippen molar-refractivity contribution in [3.05, 3.63) is 70.8 Å². The van der Waals surface area contributed by atoms with E-state index in [9.17, 15) is 0 Å². The molecule has 6 nitrogen and oxygen atoms in total. The zero-order valence-electron chi connectivity index (χ0n) is 17.3. The highest BCUT2D eigenvalue weighted by Gasteiger charge is 2.18. The fourth-order valence-electron chi connectivity index (χ4n) is 3.96. The summed E-state index contributed by atoms with van der Waals surface area (Å²) in [6.07, 6.45) is 1.87. The van der Waals surface area contributed by atoms with Gasteiger partial charge in [-0.1, -0.05) is 24.3 Å². The summed E-state index contributed by atoms with van der Waals surface area (Å²) in [5.41, 5.74) is 4.27. The van der Waals surface area contributed by atoms with Gasteiger partial charge in [0.1, 0.15) is 17.3 Å². The number of halogens is 1. The van der Waals surface area contributed by atoms with Crippen LogP contribution in [-0.4, -0.2) is 48.2 Å². The van der Waals surface area contributed by atoms with Gasteiger partial charge in [0, 0.05) is 34.7 Å². The quantitative estimate of drug-likeness (QED) is 0.414. The minimum Gasteiger partial charge on any atom is -0.497 e. The van der Waals surface area contributed by atoms with Gasteiger partial charge in [0.15, 0.2) is 0 Å². The molecule has 0 N–H and O–H groups in total. The van der Waals surface area contributed by atoms with Crippen LogP contribution in [0.15, 0.2) is 65.3 Å². The molecular weight excluding hydrogens is 456 g/mol. The summed E-state index contributed by atoms with van der Waals surface area (Å²) in [6, 6.07) is 18.5. The molecule has 31 heavy (non-hydrogen) atoms. The Morgan fingerprint density at radius 2 is 1.87 bits per heavy atom. The fourth-order valence-corrected chi connectivity index (χ4v) is 4.53. The number of pyridine rings is 1. The van der Waals surface area contributed by atoms with Crippen LogP contribution >= 0.6 is 15.9 Å². The molecule has 0 unspecified atom stereocenters. The van der Waals surface area contributed by atoms with Crippen molar-refractivity contribution in [2.45, 2.75) is 6.54 Å². The average Bonchev–Trinajstić information content (AvgIpc) is 3.20. The lowest BCUT2D eigenvalue weighted by Gasteiger charge is -2.27. The van der Waals surface area contributed by atoms with Crippen LogP contribution in [0.2, 0.25) is 0 Å². The molecule has 5 rings (SSSR count). The number of aromatic nitrogens is 3. The van der Waals surface area contributed by atoms with E-state index >= 15 is 0 Å². The molecule has 0 spiro atoms. The second-order valence-corrected chi connectivity index (χ2v) is 8.35. The summed E-state index contributed by atoms with van der Waals surface area (Å²) < 4.78 is 13.9. The Balaban J connectivity index is 1.56. The highest BCUT2D eigenvalue weighted by atomic mass is 79.9. The SMILES string of the molecule is COc1ccc(Cn2nc(-c3ccnc(N4CCOCC4)c3)c3cccc(Br)c32)cc1. The first-order valence-corrected chi connectivity index (χ1v) is 11.1. The second kappa shape index (κ2) is 8.69. The molecule has 1 saturated heterocycles. The molecule has 0 radical (unpaired) electrons. The maximum absolute atomic E-state index is 5.48. The standard InChI is InChI=1S/C24H23BrN4O2/c1-30-19-7-5-17(6-8-19)16-29-24-20(3-2-4-21(24)25)23(27-29)18-9-10-26-22(15-18)28-11-13-31-14-12-28/h2-10,15H,11-14,16H2,1H3. The van der Waals surface area contributed by atoms with Crippen molar-refractivity contribution in [1.82, 2.24) is 14.8 Å². The van der Waals surface area contributed by atoms with Gasteiger partial charge in [-0.15, -0.1) is 0 Å². The van der Waals surface area contributed by atoms with Crippen molar-refractivity contribution in [2.75, 3.05) is 38.3 Å². The summed E-state index contributed by atoms with van der Waals surface area (Å²) in [6.45, 7) is 3.85. The Morgan fingerprint density at radius 3 is 2.65 bits per heavy atom. The van der Waals surface area contributed by atoms with E-state index in [-0.39, 0.29) is 0 Å². The van der Waals surface area contributed by atoms with Crippen molar-refractivity contribution >= 4 is 32.7 Å². The summed E-state index contributed by atoms with van der Waals surface area (Å²) >= 11 is 3.73. The van der Waals surface area contributed by atoms with E-state index in [0.717, 1.165) is 70.1 Å². The lowest BCUT2D eigenvalue weighted by Crippen LogP contribution is -2.36. The van der Waals surface area contributed by atoms with Crippen LogP contribution in [0.25, 0.3) is 22.2 Å². The van der Waals surface area contributed by atoms with Crippen LogP contribution in [0.1, 0.15) is 5.56 Å². The van der Waals surface area contributed by atoms with Gasteiger partial charge in [-0.3, -0.25) is 4.68 Å². The Bertz CT molecular complexity index is 1200. The smallest absolute Gasteiger partial charge is 0.129 e. The van der Waals surface area contributed by atoms with E-state index in [1.165, 1.54) is 0 Å². The predicted molar refractivity (Wildman–Crippen MR) is 126 cm³/mol. The highest BCUT2D eigenvalue weighted by molar-refractivity contribution is 9.10. The third kappa shape index (κ3) is 4.03. The number of nitrogens with zero attached hydrogens (tertiary/aromatic N) is 4. The minimum absolute atomic E-state index is 0.671. The minimum atomic E-state index is 0.671. The van der Waals surface area contributed by atoms with Gasteiger partial charge in [-0.05, 0) is 51.8 Å². The molecule has 2 aromatic heterocycles. The van der Waals surface area contributed by atoms with Crippen molar-refractivity contribution in [3.63, 3.8) is 0 Å². The van der Waals surface area contributed by atoms with E-state index in [0.29, 0.717) is 6.54 Å². The third-order valence-corrected chi connectivity index (χ3v) is 6.21. The molecule has 1 aliphatic rings. The average molecular weight is 479 g/mol. The number of morpholine rings is 1. The van der Waals surface area contributed by atoms with Gasteiger partial charge in [-0.25, -0.2) is 4.98 Å². The monoisotopic (exact) mass is 478 g/mol. The van der Waals surface area contributed by atoms with E-state index in [1.54, 1.807) is 7.11 Å². The molecule has 1 fully saturated rings. The van der Waals surface area contributed by atoms with E-state index in [4.69, 9.17) is 14.6 Å². The van der Waals surface area contributed by atoms with E-state index < -0.39 is 0 Å². The molecule has 0 atom stereocenters. The Kier molecular flexibility index (Phi) is 5.61. The molecule has 0 saturated carbocycles. The molecule has 1 aliphatic heterocycles. The van der Waals surface area contributed by atoms with Crippen molar-refractivity contribution in [3.8, 4) is 17.0 Å². The topological polar surface area (TPSA) is 52.4 Å². The van der Waals surface area contributed by atoms with Gasteiger partial charge in [0.2, 0.25) is 0 Å². The van der Waals surface area contributed by atoms with Crippen molar-refractivity contribution < 1.29 is 9.47 Å². The van der Waals surface area contributed by atoms with Gasteiger partial charge >= 0.3 is 0 Å². The van der Waals surface area contributed by atoms with Gasteiger partial charge in [-0.2, -0.15) is 5.10 Å². The Labute approximate surface area is 189 Å². The van der Waals surface area contributed by atoms with Crippen molar-refractivity contribution in [1.29, 1.82) is 0 Å². The number of anilines is 1. The van der Waals surface area contributed by atoms with E-state index in [2.05, 4.69) is 66.9 Å². The maximum Gasteiger partial charge on any atom is 0.129 e. The number of fused-ring (bicyclic) bond motifs is 1. The number of hydrogen-bond donors (Lipinski definition) is 0. The Hall–Kier alpha value is -2.90. The lowest BCUT2D eigenvalue weighted by molar-refractivity contribution is 0.122. The summed E-state index contributed by atoms with van der Waals surface area (Å²) in [5, 5.41) is 6.14. The Morgan fingerprint density at radius 1 is 1.06 bits per heavy atom. The molecule has 158 valence electrons. The first-order chi connectivity index (χ1) is 15.2. The highest BCUT2D eigenvalue weighted by Crippen LogP contribution is 2.34. The van der Waals surface area contributed by atoms with Crippen LogP contribution in [-0.2, 0) is 11.3 Å². The van der Waals surface area contributed by atoms with Crippen LogP contribution < -0.4 is 9.64 Å². The number of ether oxygens (including phenoxy) is 2. The zero-order chi connectivity index (χ0) is 21.2. The molecule has 0 bridgehead atoms. The van der Waals surface area contributed by atoms with Crippen molar-refractivity contribution in [2.24, 2.45) is 0 Å². The fraction of sp³-hybridized carbons (Fsp3) is 0.250. The third-order valence-electron chi connectivity index (χ3n) is 5.57. The maximum atomic E-state index is 5.48. The number of methoxy groups -OCH3 is 1. The number of benzene rings is 2. The molecule has 0 aliphatic carbocycles. The first kappa shape index (κ1) is 20.0. The van der Waals surface area contributed by atoms with Crippen LogP contribution in [0.5, 0.6) is 5.75 Å². The molecule has 7 heteroatoms. The number of rotatable bonds is 5. The first-order valence-electron chi connectivity index (χ1n) is 10.3.